The highest BCUT2D eigenvalue weighted by Gasteiger charge is 2.15. The lowest BCUT2D eigenvalue weighted by Gasteiger charge is -2.09. The van der Waals surface area contributed by atoms with Crippen molar-refractivity contribution in [2.75, 3.05) is 20.5 Å². The van der Waals surface area contributed by atoms with E-state index in [1.54, 1.807) is 37.4 Å². The van der Waals surface area contributed by atoms with Crippen LogP contribution in [0.25, 0.3) is 0 Å². The van der Waals surface area contributed by atoms with E-state index >= 15 is 0 Å². The Balaban J connectivity index is 1.66. The Hall–Kier alpha value is -3.22. The van der Waals surface area contributed by atoms with Gasteiger partial charge in [-0.2, -0.15) is 5.10 Å². The summed E-state index contributed by atoms with van der Waals surface area (Å²) in [5.74, 6) is 2.10. The van der Waals surface area contributed by atoms with Gasteiger partial charge >= 0.3 is 0 Å². The lowest BCUT2D eigenvalue weighted by Crippen LogP contribution is -2.17. The van der Waals surface area contributed by atoms with Crippen molar-refractivity contribution in [3.05, 3.63) is 47.5 Å². The van der Waals surface area contributed by atoms with Crippen LogP contribution in [0.2, 0.25) is 0 Å². The first kappa shape index (κ1) is 16.6. The van der Waals surface area contributed by atoms with Gasteiger partial charge < -0.3 is 18.9 Å². The number of methoxy groups -OCH3 is 1. The van der Waals surface area contributed by atoms with Crippen LogP contribution in [0.15, 0.2) is 41.5 Å². The zero-order valence-electron chi connectivity index (χ0n) is 13.9. The minimum Gasteiger partial charge on any atom is -0.493 e. The van der Waals surface area contributed by atoms with Gasteiger partial charge in [-0.15, -0.1) is 0 Å². The van der Waals surface area contributed by atoms with Crippen LogP contribution in [-0.2, 0) is 0 Å². The average Bonchev–Trinajstić information content (AvgIpc) is 3.10. The van der Waals surface area contributed by atoms with Crippen molar-refractivity contribution in [1.82, 2.24) is 5.43 Å². The molecule has 0 saturated carbocycles. The number of hydrogen-bond acceptors (Lipinski definition) is 6. The summed E-state index contributed by atoms with van der Waals surface area (Å²) in [6, 6.07) is 10.4. The topological polar surface area (TPSA) is 78.4 Å². The van der Waals surface area contributed by atoms with E-state index in [0.29, 0.717) is 35.2 Å². The van der Waals surface area contributed by atoms with E-state index in [9.17, 15) is 4.79 Å². The molecule has 0 fully saturated rings. The molecule has 0 atom stereocenters. The highest BCUT2D eigenvalue weighted by molar-refractivity contribution is 5.95. The fraction of sp³-hybridized carbons (Fsp3) is 0.222. The lowest BCUT2D eigenvalue weighted by molar-refractivity contribution is 0.0954. The van der Waals surface area contributed by atoms with Gasteiger partial charge in [0.15, 0.2) is 23.0 Å². The molecule has 0 unspecified atom stereocenters. The average molecular weight is 342 g/mol. The Labute approximate surface area is 145 Å². The maximum Gasteiger partial charge on any atom is 0.271 e. The number of hydrogen-bond donors (Lipinski definition) is 1. The van der Waals surface area contributed by atoms with Gasteiger partial charge in [0.1, 0.15) is 0 Å². The maximum atomic E-state index is 12.1. The van der Waals surface area contributed by atoms with Gasteiger partial charge in [-0.25, -0.2) is 5.43 Å². The quantitative estimate of drug-likeness (QED) is 0.645. The van der Waals surface area contributed by atoms with Crippen molar-refractivity contribution in [2.45, 2.75) is 6.92 Å². The molecular formula is C18H18N2O5. The number of carbonyl (C=O) groups excluding carboxylic acids is 1. The molecular weight excluding hydrogens is 324 g/mol. The van der Waals surface area contributed by atoms with Crippen molar-refractivity contribution in [3.63, 3.8) is 0 Å². The number of nitrogens with zero attached hydrogens (tertiary/aromatic N) is 1. The molecule has 0 radical (unpaired) electrons. The number of hydrazone groups is 1. The Morgan fingerprint density at radius 1 is 1.20 bits per heavy atom. The largest absolute Gasteiger partial charge is 0.493 e. The van der Waals surface area contributed by atoms with Crippen LogP contribution < -0.4 is 24.4 Å². The van der Waals surface area contributed by atoms with Crippen LogP contribution in [0.4, 0.5) is 0 Å². The molecule has 25 heavy (non-hydrogen) atoms. The van der Waals surface area contributed by atoms with Gasteiger partial charge in [0.2, 0.25) is 6.79 Å². The Kier molecular flexibility index (Phi) is 5.03. The molecule has 1 amide bonds. The molecule has 0 saturated heterocycles. The second kappa shape index (κ2) is 7.57. The second-order valence-electron chi connectivity index (χ2n) is 5.11. The van der Waals surface area contributed by atoms with Crippen molar-refractivity contribution < 1.29 is 23.7 Å². The number of ether oxygens (including phenoxy) is 4. The number of fused-ring (bicyclic) bond motifs is 1. The summed E-state index contributed by atoms with van der Waals surface area (Å²) in [6.45, 7) is 2.59. The van der Waals surface area contributed by atoms with Gasteiger partial charge in [0.25, 0.3) is 5.91 Å². The predicted octanol–water partition coefficient (Wildman–Crippen LogP) is 2.59. The van der Waals surface area contributed by atoms with E-state index in [1.165, 1.54) is 6.21 Å². The summed E-state index contributed by atoms with van der Waals surface area (Å²) < 4.78 is 21.2. The van der Waals surface area contributed by atoms with Gasteiger partial charge in [-0.3, -0.25) is 4.79 Å². The van der Waals surface area contributed by atoms with Crippen molar-refractivity contribution in [2.24, 2.45) is 5.10 Å². The number of amides is 1. The Bertz CT molecular complexity index is 804. The lowest BCUT2D eigenvalue weighted by atomic mass is 10.2. The molecule has 0 aromatic heterocycles. The summed E-state index contributed by atoms with van der Waals surface area (Å²) in [5.41, 5.74) is 3.69. The normalized spacial score (nSPS) is 12.2. The fourth-order valence-corrected chi connectivity index (χ4v) is 2.31. The van der Waals surface area contributed by atoms with E-state index in [2.05, 4.69) is 10.5 Å². The molecule has 0 aliphatic carbocycles. The van der Waals surface area contributed by atoms with E-state index in [0.717, 1.165) is 5.56 Å². The Morgan fingerprint density at radius 3 is 2.84 bits per heavy atom. The van der Waals surface area contributed by atoms with Crippen LogP contribution in [0.1, 0.15) is 22.8 Å². The summed E-state index contributed by atoms with van der Waals surface area (Å²) in [4.78, 5) is 12.1. The number of nitrogens with one attached hydrogen (secondary N) is 1. The smallest absolute Gasteiger partial charge is 0.271 e. The minimum atomic E-state index is -0.340. The zero-order chi connectivity index (χ0) is 17.6. The third-order valence-corrected chi connectivity index (χ3v) is 3.50. The summed E-state index contributed by atoms with van der Waals surface area (Å²) in [7, 11) is 1.58. The first-order chi connectivity index (χ1) is 12.2. The number of carbonyl (C=O) groups is 1. The Morgan fingerprint density at radius 2 is 2.04 bits per heavy atom. The highest BCUT2D eigenvalue weighted by atomic mass is 16.7. The van der Waals surface area contributed by atoms with Crippen LogP contribution in [-0.4, -0.2) is 32.6 Å². The van der Waals surface area contributed by atoms with Gasteiger partial charge in [-0.05, 0) is 48.9 Å². The molecule has 1 N–H and O–H groups in total. The third kappa shape index (κ3) is 3.82. The summed E-state index contributed by atoms with van der Waals surface area (Å²) in [6.07, 6.45) is 1.53. The van der Waals surface area contributed by atoms with Crippen molar-refractivity contribution in [1.29, 1.82) is 0 Å². The fourth-order valence-electron chi connectivity index (χ4n) is 2.31. The molecule has 7 heteroatoms. The number of benzene rings is 2. The van der Waals surface area contributed by atoms with E-state index in [-0.39, 0.29) is 12.7 Å². The van der Waals surface area contributed by atoms with Crippen LogP contribution >= 0.6 is 0 Å². The molecule has 0 bridgehead atoms. The van der Waals surface area contributed by atoms with Crippen LogP contribution in [0.5, 0.6) is 23.0 Å². The van der Waals surface area contributed by atoms with E-state index in [1.807, 2.05) is 13.0 Å². The SMILES string of the molecule is CCOc1cc(/C=N/NC(=O)c2ccc3c(c2)OCO3)ccc1OC. The minimum absolute atomic E-state index is 0.165. The van der Waals surface area contributed by atoms with Gasteiger partial charge in [0.05, 0.1) is 19.9 Å². The van der Waals surface area contributed by atoms with E-state index in [4.69, 9.17) is 18.9 Å². The molecule has 0 spiro atoms. The number of rotatable bonds is 6. The zero-order valence-corrected chi connectivity index (χ0v) is 13.9. The molecule has 1 aliphatic heterocycles. The molecule has 2 aromatic rings. The second-order valence-corrected chi connectivity index (χ2v) is 5.11. The standard InChI is InChI=1S/C18H18N2O5/c1-3-23-16-8-12(4-6-14(16)22-2)10-19-20-18(21)13-5-7-15-17(9-13)25-11-24-15/h4-10H,3,11H2,1-2H3,(H,20,21)/b19-10+. The highest BCUT2D eigenvalue weighted by Crippen LogP contribution is 2.32. The monoisotopic (exact) mass is 342 g/mol. The molecule has 130 valence electrons. The molecule has 3 rings (SSSR count). The maximum absolute atomic E-state index is 12.1. The molecule has 1 aliphatic rings. The van der Waals surface area contributed by atoms with E-state index < -0.39 is 0 Å². The van der Waals surface area contributed by atoms with Gasteiger partial charge in [0, 0.05) is 5.56 Å². The first-order valence-electron chi connectivity index (χ1n) is 7.75. The van der Waals surface area contributed by atoms with Crippen LogP contribution in [0, 0.1) is 0 Å². The van der Waals surface area contributed by atoms with Crippen molar-refractivity contribution in [3.8, 4) is 23.0 Å². The van der Waals surface area contributed by atoms with Crippen molar-refractivity contribution >= 4 is 12.1 Å². The summed E-state index contributed by atoms with van der Waals surface area (Å²) >= 11 is 0. The predicted molar refractivity (Wildman–Crippen MR) is 91.8 cm³/mol. The summed E-state index contributed by atoms with van der Waals surface area (Å²) in [5, 5.41) is 3.98. The van der Waals surface area contributed by atoms with Crippen LogP contribution in [0.3, 0.4) is 0 Å². The first-order valence-corrected chi connectivity index (χ1v) is 7.75. The molecule has 1 heterocycles. The third-order valence-electron chi connectivity index (χ3n) is 3.50. The molecule has 7 nitrogen and oxygen atoms in total. The van der Waals surface area contributed by atoms with Gasteiger partial charge in [-0.1, -0.05) is 0 Å². The molecule has 2 aromatic carbocycles.